The zero-order valence-corrected chi connectivity index (χ0v) is 10.3. The standard InChI is InChI=1S/C10H18N2O3S/c1-12(9-2-3-16(14,15)7-9)10(13)4-8-5-11-6-8/h8-9,11H,2-7H2,1H3. The number of rotatable bonds is 3. The van der Waals surface area contributed by atoms with Crippen molar-refractivity contribution >= 4 is 15.7 Å². The molecule has 0 aliphatic carbocycles. The second kappa shape index (κ2) is 4.33. The predicted octanol–water partition coefficient (Wildman–Crippen LogP) is -0.759. The highest BCUT2D eigenvalue weighted by molar-refractivity contribution is 7.91. The van der Waals surface area contributed by atoms with Crippen LogP contribution in [0.5, 0.6) is 0 Å². The molecule has 16 heavy (non-hydrogen) atoms. The predicted molar refractivity (Wildman–Crippen MR) is 60.8 cm³/mol. The van der Waals surface area contributed by atoms with Crippen molar-refractivity contribution in [2.24, 2.45) is 5.92 Å². The van der Waals surface area contributed by atoms with E-state index in [2.05, 4.69) is 5.32 Å². The molecule has 92 valence electrons. The van der Waals surface area contributed by atoms with Crippen LogP contribution in [0.25, 0.3) is 0 Å². The van der Waals surface area contributed by atoms with Crippen LogP contribution in [0.3, 0.4) is 0 Å². The normalized spacial score (nSPS) is 28.7. The van der Waals surface area contributed by atoms with Crippen molar-refractivity contribution in [3.05, 3.63) is 0 Å². The van der Waals surface area contributed by atoms with Gasteiger partial charge in [0.25, 0.3) is 0 Å². The van der Waals surface area contributed by atoms with Gasteiger partial charge in [-0.25, -0.2) is 8.42 Å². The minimum absolute atomic E-state index is 0.0774. The lowest BCUT2D eigenvalue weighted by Crippen LogP contribution is -2.46. The molecular weight excluding hydrogens is 228 g/mol. The van der Waals surface area contributed by atoms with Crippen LogP contribution in [0.15, 0.2) is 0 Å². The molecule has 1 atom stereocenters. The van der Waals surface area contributed by atoms with E-state index in [9.17, 15) is 13.2 Å². The van der Waals surface area contributed by atoms with E-state index >= 15 is 0 Å². The lowest BCUT2D eigenvalue weighted by atomic mass is 9.98. The Morgan fingerprint density at radius 2 is 2.12 bits per heavy atom. The van der Waals surface area contributed by atoms with Crippen molar-refractivity contribution in [3.63, 3.8) is 0 Å². The summed E-state index contributed by atoms with van der Waals surface area (Å²) in [6.07, 6.45) is 1.13. The number of hydrogen-bond acceptors (Lipinski definition) is 4. The van der Waals surface area contributed by atoms with Crippen molar-refractivity contribution in [1.82, 2.24) is 10.2 Å². The molecule has 0 bridgehead atoms. The van der Waals surface area contributed by atoms with E-state index in [1.807, 2.05) is 0 Å². The van der Waals surface area contributed by atoms with Gasteiger partial charge in [0.15, 0.2) is 9.84 Å². The molecule has 0 saturated carbocycles. The van der Waals surface area contributed by atoms with E-state index in [-0.39, 0.29) is 23.5 Å². The number of carbonyl (C=O) groups excluding carboxylic acids is 1. The lowest BCUT2D eigenvalue weighted by Gasteiger charge is -2.30. The Morgan fingerprint density at radius 1 is 1.44 bits per heavy atom. The van der Waals surface area contributed by atoms with E-state index in [0.29, 0.717) is 18.8 Å². The SMILES string of the molecule is CN(C(=O)CC1CNC1)C1CCS(=O)(=O)C1. The minimum Gasteiger partial charge on any atom is -0.342 e. The lowest BCUT2D eigenvalue weighted by molar-refractivity contribution is -0.132. The molecule has 2 fully saturated rings. The third-order valence-corrected chi connectivity index (χ3v) is 5.23. The summed E-state index contributed by atoms with van der Waals surface area (Å²) in [5.74, 6) is 0.875. The molecule has 0 aromatic heterocycles. The van der Waals surface area contributed by atoms with Crippen LogP contribution in [0.2, 0.25) is 0 Å². The van der Waals surface area contributed by atoms with Crippen molar-refractivity contribution in [2.75, 3.05) is 31.6 Å². The molecule has 0 radical (unpaired) electrons. The van der Waals surface area contributed by atoms with Crippen molar-refractivity contribution in [1.29, 1.82) is 0 Å². The molecule has 2 saturated heterocycles. The summed E-state index contributed by atoms with van der Waals surface area (Å²) in [4.78, 5) is 13.5. The van der Waals surface area contributed by atoms with Crippen LogP contribution in [0, 0.1) is 5.92 Å². The molecule has 1 unspecified atom stereocenters. The van der Waals surface area contributed by atoms with Crippen LogP contribution in [-0.2, 0) is 14.6 Å². The van der Waals surface area contributed by atoms with Crippen LogP contribution in [0.1, 0.15) is 12.8 Å². The number of nitrogens with zero attached hydrogens (tertiary/aromatic N) is 1. The molecule has 5 nitrogen and oxygen atoms in total. The van der Waals surface area contributed by atoms with Crippen LogP contribution in [0.4, 0.5) is 0 Å². The van der Waals surface area contributed by atoms with E-state index in [4.69, 9.17) is 0 Å². The second-order valence-corrected chi connectivity index (χ2v) is 7.02. The van der Waals surface area contributed by atoms with Gasteiger partial charge in [-0.1, -0.05) is 0 Å². The molecule has 2 aliphatic heterocycles. The van der Waals surface area contributed by atoms with Gasteiger partial charge in [0.1, 0.15) is 0 Å². The quantitative estimate of drug-likeness (QED) is 0.711. The molecular formula is C10H18N2O3S. The summed E-state index contributed by atoms with van der Waals surface area (Å²) < 4.78 is 22.6. The Balaban J connectivity index is 1.86. The summed E-state index contributed by atoms with van der Waals surface area (Å²) in [5, 5.41) is 3.12. The van der Waals surface area contributed by atoms with Crippen LogP contribution < -0.4 is 5.32 Å². The summed E-state index contributed by atoms with van der Waals surface area (Å²) in [6, 6.07) is -0.106. The summed E-state index contributed by atoms with van der Waals surface area (Å²) in [5.41, 5.74) is 0. The van der Waals surface area contributed by atoms with Gasteiger partial charge in [0, 0.05) is 19.5 Å². The Kier molecular flexibility index (Phi) is 3.21. The van der Waals surface area contributed by atoms with Gasteiger partial charge in [-0.05, 0) is 25.4 Å². The summed E-state index contributed by atoms with van der Waals surface area (Å²) in [7, 11) is -1.18. The average Bonchev–Trinajstić information content (AvgIpc) is 2.51. The Morgan fingerprint density at radius 3 is 2.56 bits per heavy atom. The maximum absolute atomic E-state index is 11.8. The highest BCUT2D eigenvalue weighted by Gasteiger charge is 2.33. The van der Waals surface area contributed by atoms with Crippen molar-refractivity contribution < 1.29 is 13.2 Å². The van der Waals surface area contributed by atoms with E-state index < -0.39 is 9.84 Å². The maximum atomic E-state index is 11.8. The first-order valence-corrected chi connectivity index (χ1v) is 7.47. The Labute approximate surface area is 96.1 Å². The monoisotopic (exact) mass is 246 g/mol. The van der Waals surface area contributed by atoms with Gasteiger partial charge in [-0.3, -0.25) is 4.79 Å². The van der Waals surface area contributed by atoms with Gasteiger partial charge in [0.2, 0.25) is 5.91 Å². The van der Waals surface area contributed by atoms with Gasteiger partial charge < -0.3 is 10.2 Å². The first kappa shape index (κ1) is 11.9. The molecule has 1 amide bonds. The third-order valence-electron chi connectivity index (χ3n) is 3.48. The second-order valence-electron chi connectivity index (χ2n) is 4.79. The fourth-order valence-corrected chi connectivity index (χ4v) is 3.94. The highest BCUT2D eigenvalue weighted by Crippen LogP contribution is 2.19. The van der Waals surface area contributed by atoms with Crippen molar-refractivity contribution in [3.8, 4) is 0 Å². The molecule has 1 N–H and O–H groups in total. The fourth-order valence-electron chi connectivity index (χ4n) is 2.17. The number of amides is 1. The summed E-state index contributed by atoms with van der Waals surface area (Å²) >= 11 is 0. The van der Waals surface area contributed by atoms with E-state index in [0.717, 1.165) is 13.1 Å². The molecule has 0 aromatic rings. The molecule has 6 heteroatoms. The fraction of sp³-hybridized carbons (Fsp3) is 0.900. The van der Waals surface area contributed by atoms with E-state index in [1.54, 1.807) is 11.9 Å². The first-order chi connectivity index (χ1) is 7.48. The first-order valence-electron chi connectivity index (χ1n) is 5.65. The molecule has 2 heterocycles. The van der Waals surface area contributed by atoms with Crippen LogP contribution >= 0.6 is 0 Å². The van der Waals surface area contributed by atoms with Gasteiger partial charge in [0.05, 0.1) is 11.5 Å². The molecule has 2 aliphatic rings. The zero-order valence-electron chi connectivity index (χ0n) is 9.48. The largest absolute Gasteiger partial charge is 0.342 e. The number of carbonyl (C=O) groups is 1. The number of hydrogen-bond donors (Lipinski definition) is 1. The average molecular weight is 246 g/mol. The molecule has 0 spiro atoms. The maximum Gasteiger partial charge on any atom is 0.222 e. The summed E-state index contributed by atoms with van der Waals surface area (Å²) in [6.45, 7) is 1.81. The Hall–Kier alpha value is -0.620. The van der Waals surface area contributed by atoms with Gasteiger partial charge >= 0.3 is 0 Å². The van der Waals surface area contributed by atoms with Crippen LogP contribution in [-0.4, -0.2) is 56.9 Å². The third kappa shape index (κ3) is 2.55. The van der Waals surface area contributed by atoms with Gasteiger partial charge in [-0.15, -0.1) is 0 Å². The zero-order chi connectivity index (χ0) is 11.8. The topological polar surface area (TPSA) is 66.5 Å². The van der Waals surface area contributed by atoms with E-state index in [1.165, 1.54) is 0 Å². The molecule has 2 rings (SSSR count). The van der Waals surface area contributed by atoms with Gasteiger partial charge in [-0.2, -0.15) is 0 Å². The molecule has 0 aromatic carbocycles. The Bertz CT molecular complexity index is 376. The smallest absolute Gasteiger partial charge is 0.222 e. The number of sulfone groups is 1. The number of nitrogens with one attached hydrogen (secondary N) is 1. The highest BCUT2D eigenvalue weighted by atomic mass is 32.2. The minimum atomic E-state index is -2.90. The van der Waals surface area contributed by atoms with Crippen molar-refractivity contribution in [2.45, 2.75) is 18.9 Å².